The second kappa shape index (κ2) is 6.53. The molecule has 1 aromatic carbocycles. The number of thioether (sulfide) groups is 1. The van der Waals surface area contributed by atoms with E-state index in [9.17, 15) is 0 Å². The van der Waals surface area contributed by atoms with E-state index in [2.05, 4.69) is 28.8 Å². The zero-order chi connectivity index (χ0) is 18.5. The lowest BCUT2D eigenvalue weighted by atomic mass is 9.81. The summed E-state index contributed by atoms with van der Waals surface area (Å²) in [6, 6.07) is 8.53. The molecule has 0 amide bonds. The number of benzene rings is 1. The molecule has 1 aliphatic rings. The minimum Gasteiger partial charge on any atom is -0.323 e. The van der Waals surface area contributed by atoms with Crippen molar-refractivity contribution in [1.29, 1.82) is 0 Å². The van der Waals surface area contributed by atoms with Crippen molar-refractivity contribution in [2.24, 2.45) is 5.92 Å². The average molecular weight is 398 g/mol. The van der Waals surface area contributed by atoms with Crippen LogP contribution in [0.2, 0.25) is 5.02 Å². The van der Waals surface area contributed by atoms with Crippen LogP contribution in [-0.4, -0.2) is 30.6 Å². The fraction of sp³-hybridized carbons (Fsp3) is 0.350. The van der Waals surface area contributed by atoms with Crippen molar-refractivity contribution in [2.75, 3.05) is 6.26 Å². The summed E-state index contributed by atoms with van der Waals surface area (Å²) in [6.07, 6.45) is 8.15. The van der Waals surface area contributed by atoms with Crippen LogP contribution in [-0.2, 0) is 6.54 Å². The van der Waals surface area contributed by atoms with Crippen LogP contribution >= 0.6 is 23.4 Å². The summed E-state index contributed by atoms with van der Waals surface area (Å²) in [5.74, 6) is 1.80. The molecular weight excluding hydrogens is 378 g/mol. The minimum absolute atomic E-state index is 0.501. The Bertz CT molecular complexity index is 1140. The molecule has 0 atom stereocenters. The Hall–Kier alpha value is -2.05. The highest BCUT2D eigenvalue weighted by molar-refractivity contribution is 7.98. The van der Waals surface area contributed by atoms with E-state index in [4.69, 9.17) is 21.7 Å². The van der Waals surface area contributed by atoms with Crippen LogP contribution in [0, 0.1) is 5.92 Å². The highest BCUT2D eigenvalue weighted by Crippen LogP contribution is 2.40. The van der Waals surface area contributed by atoms with Gasteiger partial charge in [0.15, 0.2) is 0 Å². The predicted molar refractivity (Wildman–Crippen MR) is 111 cm³/mol. The molecule has 0 saturated heterocycles. The lowest BCUT2D eigenvalue weighted by Crippen LogP contribution is -2.26. The van der Waals surface area contributed by atoms with E-state index in [0.29, 0.717) is 12.6 Å². The molecule has 1 aliphatic carbocycles. The van der Waals surface area contributed by atoms with Crippen LogP contribution in [0.4, 0.5) is 0 Å². The number of nitrogens with zero attached hydrogens (tertiary/aromatic N) is 5. The quantitative estimate of drug-likeness (QED) is 0.445. The van der Waals surface area contributed by atoms with Gasteiger partial charge in [-0.2, -0.15) is 5.10 Å². The number of hydrogen-bond donors (Lipinski definition) is 0. The first-order valence-corrected chi connectivity index (χ1v) is 10.7. The van der Waals surface area contributed by atoms with Crippen LogP contribution in [0.3, 0.4) is 0 Å². The molecule has 0 N–H and O–H groups in total. The van der Waals surface area contributed by atoms with E-state index in [1.54, 1.807) is 11.8 Å². The Morgan fingerprint density at radius 2 is 2.07 bits per heavy atom. The third-order valence-electron chi connectivity index (χ3n) is 5.44. The van der Waals surface area contributed by atoms with E-state index in [1.165, 1.54) is 12.8 Å². The smallest absolute Gasteiger partial charge is 0.131 e. The summed E-state index contributed by atoms with van der Waals surface area (Å²) in [6.45, 7) is 2.93. The van der Waals surface area contributed by atoms with Gasteiger partial charge in [0.2, 0.25) is 0 Å². The Morgan fingerprint density at radius 3 is 2.85 bits per heavy atom. The predicted octanol–water partition coefficient (Wildman–Crippen LogP) is 5.18. The molecule has 3 heterocycles. The Morgan fingerprint density at radius 1 is 1.22 bits per heavy atom. The molecule has 0 bridgehead atoms. The molecule has 0 aliphatic heterocycles. The first-order chi connectivity index (χ1) is 13.1. The maximum absolute atomic E-state index is 6.21. The maximum atomic E-state index is 6.21. The molecule has 138 valence electrons. The lowest BCUT2D eigenvalue weighted by Gasteiger charge is -2.35. The van der Waals surface area contributed by atoms with E-state index >= 15 is 0 Å². The molecule has 27 heavy (non-hydrogen) atoms. The summed E-state index contributed by atoms with van der Waals surface area (Å²) in [5, 5.41) is 7.69. The van der Waals surface area contributed by atoms with Crippen molar-refractivity contribution in [2.45, 2.75) is 37.4 Å². The van der Waals surface area contributed by atoms with Crippen molar-refractivity contribution >= 4 is 45.3 Å². The van der Waals surface area contributed by atoms with Gasteiger partial charge in [-0.3, -0.25) is 9.67 Å². The highest BCUT2D eigenvalue weighted by atomic mass is 35.5. The third kappa shape index (κ3) is 2.82. The summed E-state index contributed by atoms with van der Waals surface area (Å²) < 4.78 is 4.42. The molecule has 0 spiro atoms. The first kappa shape index (κ1) is 17.1. The monoisotopic (exact) mass is 397 g/mol. The van der Waals surface area contributed by atoms with Gasteiger partial charge in [-0.15, -0.1) is 11.8 Å². The van der Waals surface area contributed by atoms with Gasteiger partial charge in [-0.25, -0.2) is 4.98 Å². The number of rotatable bonds is 4. The molecule has 4 aromatic rings. The van der Waals surface area contributed by atoms with E-state index in [0.717, 1.165) is 43.7 Å². The summed E-state index contributed by atoms with van der Waals surface area (Å²) in [7, 11) is 0. The highest BCUT2D eigenvalue weighted by Gasteiger charge is 2.30. The fourth-order valence-electron chi connectivity index (χ4n) is 4.11. The number of halogens is 1. The SMILES string of the molecule is CSc1nn(Cc2nc3cc(Cl)ccc3n2C2CC(C)C2)c2cnccc12. The molecule has 0 radical (unpaired) electrons. The van der Waals surface area contributed by atoms with Crippen molar-refractivity contribution in [3.63, 3.8) is 0 Å². The van der Waals surface area contributed by atoms with Crippen molar-refractivity contribution in [1.82, 2.24) is 24.3 Å². The zero-order valence-electron chi connectivity index (χ0n) is 15.3. The standard InChI is InChI=1S/C20H20ClN5S/c1-12-7-14(8-12)26-17-4-3-13(21)9-16(17)23-19(26)11-25-18-10-22-6-5-15(18)20(24-25)27-2/h3-6,9-10,12,14H,7-8,11H2,1-2H3. The molecule has 5 nitrogen and oxygen atoms in total. The number of fused-ring (bicyclic) bond motifs is 2. The number of hydrogen-bond acceptors (Lipinski definition) is 4. The van der Waals surface area contributed by atoms with Crippen LogP contribution in [0.1, 0.15) is 31.6 Å². The van der Waals surface area contributed by atoms with Crippen molar-refractivity contribution in [3.05, 3.63) is 47.5 Å². The van der Waals surface area contributed by atoms with E-state index in [-0.39, 0.29) is 0 Å². The van der Waals surface area contributed by atoms with Gasteiger partial charge in [0, 0.05) is 22.6 Å². The van der Waals surface area contributed by atoms with Crippen LogP contribution in [0.25, 0.3) is 21.9 Å². The molecule has 5 rings (SSSR count). The Balaban J connectivity index is 1.64. The van der Waals surface area contributed by atoms with Crippen LogP contribution in [0.15, 0.2) is 41.7 Å². The van der Waals surface area contributed by atoms with E-state index in [1.807, 2.05) is 35.3 Å². The minimum atomic E-state index is 0.501. The molecule has 0 unspecified atom stereocenters. The lowest BCUT2D eigenvalue weighted by molar-refractivity contribution is 0.215. The topological polar surface area (TPSA) is 48.5 Å². The normalized spacial score (nSPS) is 19.7. The first-order valence-electron chi connectivity index (χ1n) is 9.15. The van der Waals surface area contributed by atoms with Gasteiger partial charge >= 0.3 is 0 Å². The van der Waals surface area contributed by atoms with E-state index < -0.39 is 0 Å². The average Bonchev–Trinajstić information content (AvgIpc) is 3.17. The molecular formula is C20H20ClN5S. The Kier molecular flexibility index (Phi) is 4.13. The fourth-order valence-corrected chi connectivity index (χ4v) is 4.85. The van der Waals surface area contributed by atoms with Gasteiger partial charge in [0.25, 0.3) is 0 Å². The largest absolute Gasteiger partial charge is 0.323 e. The van der Waals surface area contributed by atoms with Gasteiger partial charge in [0.05, 0.1) is 29.3 Å². The van der Waals surface area contributed by atoms with Gasteiger partial charge in [-0.1, -0.05) is 18.5 Å². The molecule has 7 heteroatoms. The molecule has 3 aromatic heterocycles. The van der Waals surface area contributed by atoms with Crippen LogP contribution in [0.5, 0.6) is 0 Å². The Labute approximate surface area is 166 Å². The van der Waals surface area contributed by atoms with Crippen LogP contribution < -0.4 is 0 Å². The van der Waals surface area contributed by atoms with Gasteiger partial charge in [-0.05, 0) is 49.3 Å². The van der Waals surface area contributed by atoms with Gasteiger partial charge < -0.3 is 4.57 Å². The maximum Gasteiger partial charge on any atom is 0.131 e. The molecule has 1 saturated carbocycles. The number of aromatic nitrogens is 5. The van der Waals surface area contributed by atoms with Crippen molar-refractivity contribution < 1.29 is 0 Å². The van der Waals surface area contributed by atoms with Crippen molar-refractivity contribution in [3.8, 4) is 0 Å². The number of pyridine rings is 1. The zero-order valence-corrected chi connectivity index (χ0v) is 16.8. The third-order valence-corrected chi connectivity index (χ3v) is 6.37. The molecule has 1 fully saturated rings. The second-order valence-corrected chi connectivity index (χ2v) is 8.55. The summed E-state index contributed by atoms with van der Waals surface area (Å²) in [5.41, 5.74) is 3.16. The van der Waals surface area contributed by atoms with Gasteiger partial charge in [0.1, 0.15) is 10.9 Å². The number of imidazole rings is 1. The summed E-state index contributed by atoms with van der Waals surface area (Å²) >= 11 is 7.87. The summed E-state index contributed by atoms with van der Waals surface area (Å²) in [4.78, 5) is 9.23. The second-order valence-electron chi connectivity index (χ2n) is 7.32.